The molecule has 0 radical (unpaired) electrons. The molecule has 6 heteroatoms. The third kappa shape index (κ3) is 5.79. The maximum atomic E-state index is 13.5. The van der Waals surface area contributed by atoms with Crippen molar-refractivity contribution in [3.05, 3.63) is 35.6 Å². The highest BCUT2D eigenvalue weighted by Crippen LogP contribution is 2.03. The van der Waals surface area contributed by atoms with Crippen LogP contribution in [0.25, 0.3) is 0 Å². The normalized spacial score (nSPS) is 11.8. The molecule has 0 aliphatic carbocycles. The van der Waals surface area contributed by atoms with Gasteiger partial charge in [-0.15, -0.1) is 0 Å². The van der Waals surface area contributed by atoms with E-state index in [2.05, 4.69) is 10.6 Å². The van der Waals surface area contributed by atoms with Gasteiger partial charge in [0.15, 0.2) is 6.54 Å². The van der Waals surface area contributed by atoms with Crippen LogP contribution in [-0.4, -0.2) is 38.5 Å². The summed E-state index contributed by atoms with van der Waals surface area (Å²) in [5.41, 5.74) is 0.571. The molecule has 1 rings (SSSR count). The fourth-order valence-electron chi connectivity index (χ4n) is 1.80. The predicted octanol–water partition coefficient (Wildman–Crippen LogP) is -0.907. The number of carbonyl (C=O) groups is 2. The van der Waals surface area contributed by atoms with Crippen LogP contribution in [0.5, 0.6) is 0 Å². The summed E-state index contributed by atoms with van der Waals surface area (Å²) in [5, 5.41) is 5.12. The molecule has 2 amide bonds. The minimum absolute atomic E-state index is 0.0281. The lowest BCUT2D eigenvalue weighted by molar-refractivity contribution is -0.885. The second-order valence-corrected chi connectivity index (χ2v) is 4.63. The quantitative estimate of drug-likeness (QED) is 0.606. The zero-order chi connectivity index (χ0) is 15.0. The molecule has 20 heavy (non-hydrogen) atoms. The van der Waals surface area contributed by atoms with Gasteiger partial charge in [0.2, 0.25) is 5.91 Å². The molecule has 0 bridgehead atoms. The largest absolute Gasteiger partial charge is 0.355 e. The van der Waals surface area contributed by atoms with Gasteiger partial charge >= 0.3 is 0 Å². The van der Waals surface area contributed by atoms with E-state index in [9.17, 15) is 14.0 Å². The number of likely N-dealkylation sites (N-methyl/N-ethyl adjacent to an activating group) is 2. The van der Waals surface area contributed by atoms with Crippen molar-refractivity contribution in [2.75, 3.05) is 26.7 Å². The first kappa shape index (κ1) is 16.1. The summed E-state index contributed by atoms with van der Waals surface area (Å²) in [6.45, 7) is 2.92. The first-order chi connectivity index (χ1) is 9.52. The highest BCUT2D eigenvalue weighted by molar-refractivity contribution is 5.84. The van der Waals surface area contributed by atoms with Crippen LogP contribution < -0.4 is 15.5 Å². The standard InChI is InChI=1S/C14H20FN3O2/c1-3-16-13(19)8-17-14(20)10-18(2)9-11-6-4-5-7-12(11)15/h4-7H,3,8-10H2,1-2H3,(H,16,19)(H,17,20)/p+1. The van der Waals surface area contributed by atoms with E-state index < -0.39 is 0 Å². The molecule has 1 unspecified atom stereocenters. The summed E-state index contributed by atoms with van der Waals surface area (Å²) in [7, 11) is 1.80. The Bertz CT molecular complexity index is 465. The van der Waals surface area contributed by atoms with Gasteiger partial charge < -0.3 is 15.5 Å². The zero-order valence-corrected chi connectivity index (χ0v) is 11.8. The molecule has 0 aliphatic rings. The van der Waals surface area contributed by atoms with E-state index in [1.165, 1.54) is 6.07 Å². The van der Waals surface area contributed by atoms with E-state index in [-0.39, 0.29) is 30.7 Å². The lowest BCUT2D eigenvalue weighted by atomic mass is 10.2. The van der Waals surface area contributed by atoms with E-state index in [0.29, 0.717) is 18.7 Å². The molecule has 1 atom stereocenters. The maximum absolute atomic E-state index is 13.5. The van der Waals surface area contributed by atoms with Crippen LogP contribution in [-0.2, 0) is 16.1 Å². The fourth-order valence-corrected chi connectivity index (χ4v) is 1.80. The molecule has 0 aliphatic heterocycles. The Morgan fingerprint density at radius 1 is 1.20 bits per heavy atom. The number of hydrogen-bond acceptors (Lipinski definition) is 2. The number of benzene rings is 1. The van der Waals surface area contributed by atoms with Crippen molar-refractivity contribution in [2.45, 2.75) is 13.5 Å². The summed E-state index contributed by atoms with van der Waals surface area (Å²) in [6.07, 6.45) is 0. The molecule has 1 aromatic rings. The molecule has 0 spiro atoms. The van der Waals surface area contributed by atoms with E-state index in [1.807, 2.05) is 6.92 Å². The minimum atomic E-state index is -0.269. The van der Waals surface area contributed by atoms with E-state index in [0.717, 1.165) is 4.90 Å². The van der Waals surface area contributed by atoms with Gasteiger partial charge in [0.1, 0.15) is 12.4 Å². The van der Waals surface area contributed by atoms with E-state index >= 15 is 0 Å². The highest BCUT2D eigenvalue weighted by Gasteiger charge is 2.13. The fraction of sp³-hybridized carbons (Fsp3) is 0.429. The summed E-state index contributed by atoms with van der Waals surface area (Å²) in [6, 6.07) is 6.50. The van der Waals surface area contributed by atoms with Crippen LogP contribution >= 0.6 is 0 Å². The van der Waals surface area contributed by atoms with Gasteiger partial charge in [-0.05, 0) is 13.0 Å². The van der Waals surface area contributed by atoms with Crippen LogP contribution in [0.3, 0.4) is 0 Å². The van der Waals surface area contributed by atoms with Crippen molar-refractivity contribution in [3.63, 3.8) is 0 Å². The Labute approximate surface area is 118 Å². The summed E-state index contributed by atoms with van der Waals surface area (Å²) in [5.74, 6) is -0.715. The second-order valence-electron chi connectivity index (χ2n) is 4.63. The topological polar surface area (TPSA) is 62.6 Å². The third-order valence-electron chi connectivity index (χ3n) is 2.73. The van der Waals surface area contributed by atoms with Crippen molar-refractivity contribution in [1.82, 2.24) is 10.6 Å². The van der Waals surface area contributed by atoms with Crippen molar-refractivity contribution in [3.8, 4) is 0 Å². The first-order valence-corrected chi connectivity index (χ1v) is 6.61. The number of carbonyl (C=O) groups excluding carboxylic acids is 2. The Morgan fingerprint density at radius 2 is 1.90 bits per heavy atom. The highest BCUT2D eigenvalue weighted by atomic mass is 19.1. The first-order valence-electron chi connectivity index (χ1n) is 6.61. The van der Waals surface area contributed by atoms with Crippen LogP contribution in [0.1, 0.15) is 12.5 Å². The van der Waals surface area contributed by atoms with Crippen LogP contribution in [0.4, 0.5) is 4.39 Å². The summed E-state index contributed by atoms with van der Waals surface area (Å²) >= 11 is 0. The van der Waals surface area contributed by atoms with Gasteiger partial charge in [-0.2, -0.15) is 0 Å². The van der Waals surface area contributed by atoms with Gasteiger partial charge in [-0.1, -0.05) is 18.2 Å². The Morgan fingerprint density at radius 3 is 2.55 bits per heavy atom. The lowest BCUT2D eigenvalue weighted by Gasteiger charge is -2.14. The molecular formula is C14H21FN3O2+. The number of rotatable bonds is 7. The summed E-state index contributed by atoms with van der Waals surface area (Å²) in [4.78, 5) is 23.7. The molecular weight excluding hydrogens is 261 g/mol. The van der Waals surface area contributed by atoms with Crippen molar-refractivity contribution in [2.24, 2.45) is 0 Å². The number of hydrogen-bond donors (Lipinski definition) is 3. The average Bonchev–Trinajstić information content (AvgIpc) is 2.39. The zero-order valence-electron chi connectivity index (χ0n) is 11.8. The number of halogens is 1. The molecule has 0 saturated carbocycles. The average molecular weight is 282 g/mol. The second kappa shape index (κ2) is 8.27. The monoisotopic (exact) mass is 282 g/mol. The maximum Gasteiger partial charge on any atom is 0.275 e. The van der Waals surface area contributed by atoms with Crippen molar-refractivity contribution in [1.29, 1.82) is 0 Å². The van der Waals surface area contributed by atoms with Gasteiger partial charge in [0.25, 0.3) is 5.91 Å². The SMILES string of the molecule is CCNC(=O)CNC(=O)C[NH+](C)Cc1ccccc1F. The third-order valence-corrected chi connectivity index (χ3v) is 2.73. The molecule has 0 saturated heterocycles. The van der Waals surface area contributed by atoms with Gasteiger partial charge in [-0.25, -0.2) is 4.39 Å². The number of nitrogens with one attached hydrogen (secondary N) is 3. The van der Waals surface area contributed by atoms with Gasteiger partial charge in [0.05, 0.1) is 13.6 Å². The number of amides is 2. The molecule has 0 heterocycles. The van der Waals surface area contributed by atoms with Crippen LogP contribution in [0.15, 0.2) is 24.3 Å². The van der Waals surface area contributed by atoms with E-state index in [4.69, 9.17) is 0 Å². The van der Waals surface area contributed by atoms with E-state index in [1.54, 1.807) is 25.2 Å². The van der Waals surface area contributed by atoms with Crippen molar-refractivity contribution < 1.29 is 18.9 Å². The predicted molar refractivity (Wildman–Crippen MR) is 73.6 cm³/mol. The molecule has 5 nitrogen and oxygen atoms in total. The van der Waals surface area contributed by atoms with Gasteiger partial charge in [0, 0.05) is 12.1 Å². The summed E-state index contributed by atoms with van der Waals surface area (Å²) < 4.78 is 13.5. The van der Waals surface area contributed by atoms with Crippen LogP contribution in [0.2, 0.25) is 0 Å². The minimum Gasteiger partial charge on any atom is -0.355 e. The van der Waals surface area contributed by atoms with Crippen LogP contribution in [0, 0.1) is 5.82 Å². The molecule has 1 aromatic carbocycles. The molecule has 0 aromatic heterocycles. The Kier molecular flexibility index (Phi) is 6.66. The lowest BCUT2D eigenvalue weighted by Crippen LogP contribution is -3.09. The Hall–Kier alpha value is -1.95. The Balaban J connectivity index is 2.35. The molecule has 0 fully saturated rings. The van der Waals surface area contributed by atoms with Crippen molar-refractivity contribution >= 4 is 11.8 Å². The smallest absolute Gasteiger partial charge is 0.275 e. The molecule has 3 N–H and O–H groups in total. The molecule has 110 valence electrons. The van der Waals surface area contributed by atoms with Gasteiger partial charge in [-0.3, -0.25) is 9.59 Å². The number of quaternary nitrogens is 1.